The first-order valence-electron chi connectivity index (χ1n) is 6.84. The van der Waals surface area contributed by atoms with Crippen molar-refractivity contribution in [2.24, 2.45) is 0 Å². The minimum absolute atomic E-state index is 0.907. The van der Waals surface area contributed by atoms with Gasteiger partial charge in [-0.2, -0.15) is 0 Å². The molecule has 0 saturated heterocycles. The van der Waals surface area contributed by atoms with Crippen LogP contribution in [0.3, 0.4) is 0 Å². The van der Waals surface area contributed by atoms with Gasteiger partial charge in [0.05, 0.1) is 11.1 Å². The van der Waals surface area contributed by atoms with Gasteiger partial charge >= 0.3 is 19.3 Å². The normalized spacial score (nSPS) is 10.6. The Morgan fingerprint density at radius 1 is 0.609 bits per heavy atom. The van der Waals surface area contributed by atoms with Crippen molar-refractivity contribution < 1.29 is 21.7 Å². The molecule has 0 unspecified atom stereocenters. The molecule has 0 amide bonds. The van der Waals surface area contributed by atoms with Crippen LogP contribution in [-0.4, -0.2) is 7.25 Å². The monoisotopic (exact) mass is 320 g/mol. The molecule has 0 bridgehead atoms. The molecule has 3 aromatic rings. The highest BCUT2D eigenvalue weighted by Gasteiger charge is 2.20. The smallest absolute Gasteiger partial charge is 0.418 e. The lowest BCUT2D eigenvalue weighted by molar-refractivity contribution is 0.368. The Morgan fingerprint density at radius 2 is 1.09 bits per heavy atom. The molecule has 23 heavy (non-hydrogen) atoms. The second-order valence-corrected chi connectivity index (χ2v) is 4.58. The molecule has 0 atom stereocenters. The van der Waals surface area contributed by atoms with Crippen LogP contribution < -0.4 is 0 Å². The first-order valence-corrected chi connectivity index (χ1v) is 6.84. The van der Waals surface area contributed by atoms with Crippen LogP contribution in [0.2, 0.25) is 0 Å². The number of halogens is 4. The highest BCUT2D eigenvalue weighted by Crippen LogP contribution is 2.31. The summed E-state index contributed by atoms with van der Waals surface area (Å²) in [5.74, 6) is 0.907. The molecule has 0 aliphatic rings. The van der Waals surface area contributed by atoms with Gasteiger partial charge in [0.25, 0.3) is 0 Å². The van der Waals surface area contributed by atoms with Crippen molar-refractivity contribution in [2.75, 3.05) is 0 Å². The van der Waals surface area contributed by atoms with Crippen molar-refractivity contribution in [3.63, 3.8) is 0 Å². The molecule has 0 N–H and O–H groups in total. The molecule has 0 aliphatic carbocycles. The molecule has 118 valence electrons. The lowest BCUT2D eigenvalue weighted by atomic mass is 10.0. The van der Waals surface area contributed by atoms with E-state index in [1.165, 1.54) is 5.56 Å². The largest absolute Gasteiger partial charge is 0.673 e. The Morgan fingerprint density at radius 3 is 1.61 bits per heavy atom. The molecule has 0 aliphatic heterocycles. The zero-order valence-electron chi connectivity index (χ0n) is 12.0. The van der Waals surface area contributed by atoms with Crippen LogP contribution in [0.5, 0.6) is 0 Å². The van der Waals surface area contributed by atoms with Gasteiger partial charge in [0, 0.05) is 6.07 Å². The van der Waals surface area contributed by atoms with Crippen LogP contribution in [0, 0.1) is 0 Å². The number of hydrogen-bond donors (Lipinski definition) is 0. The maximum absolute atomic E-state index is 9.75. The molecular weight excluding hydrogens is 307 g/mol. The molecule has 1 heterocycles. The Hall–Kier alpha value is -2.63. The average molecular weight is 320 g/mol. The third-order valence-electron chi connectivity index (χ3n) is 2.89. The number of benzene rings is 2. The van der Waals surface area contributed by atoms with Gasteiger partial charge in [-0.25, -0.2) is 4.42 Å². The van der Waals surface area contributed by atoms with Crippen molar-refractivity contribution in [1.82, 2.24) is 0 Å². The summed E-state index contributed by atoms with van der Waals surface area (Å²) in [6.07, 6.45) is 1.72. The zero-order chi connectivity index (χ0) is 16.7. The summed E-state index contributed by atoms with van der Waals surface area (Å²) in [6.45, 7) is 0. The summed E-state index contributed by atoms with van der Waals surface area (Å²) in [5, 5.41) is 0. The fourth-order valence-corrected chi connectivity index (χ4v) is 2.04. The second-order valence-electron chi connectivity index (χ2n) is 4.58. The van der Waals surface area contributed by atoms with Crippen LogP contribution in [0.1, 0.15) is 0 Å². The van der Waals surface area contributed by atoms with Crippen LogP contribution in [-0.2, 0) is 0 Å². The number of hydrogen-bond acceptors (Lipinski definition) is 0. The van der Waals surface area contributed by atoms with Crippen molar-refractivity contribution >= 4 is 7.25 Å². The van der Waals surface area contributed by atoms with Gasteiger partial charge in [-0.3, -0.25) is 0 Å². The zero-order valence-corrected chi connectivity index (χ0v) is 12.0. The summed E-state index contributed by atoms with van der Waals surface area (Å²) < 4.78 is 44.7. The van der Waals surface area contributed by atoms with E-state index in [-0.39, 0.29) is 0 Å². The van der Waals surface area contributed by atoms with E-state index in [0.29, 0.717) is 0 Å². The first kappa shape index (κ1) is 16.7. The van der Waals surface area contributed by atoms with Crippen molar-refractivity contribution in [1.29, 1.82) is 0 Å². The summed E-state index contributed by atoms with van der Waals surface area (Å²) in [4.78, 5) is 0. The van der Waals surface area contributed by atoms with Crippen molar-refractivity contribution in [3.05, 3.63) is 79.1 Å². The Balaban J connectivity index is 0.000000338. The van der Waals surface area contributed by atoms with Gasteiger partial charge in [0.1, 0.15) is 0 Å². The van der Waals surface area contributed by atoms with Crippen molar-refractivity contribution in [2.45, 2.75) is 0 Å². The maximum Gasteiger partial charge on any atom is 0.673 e. The van der Waals surface area contributed by atoms with Crippen LogP contribution in [0.25, 0.3) is 22.5 Å². The van der Waals surface area contributed by atoms with E-state index in [1.807, 2.05) is 42.5 Å². The predicted molar refractivity (Wildman–Crippen MR) is 84.2 cm³/mol. The van der Waals surface area contributed by atoms with Crippen LogP contribution in [0.15, 0.2) is 83.5 Å². The fourth-order valence-electron chi connectivity index (χ4n) is 2.04. The van der Waals surface area contributed by atoms with E-state index in [9.17, 15) is 17.3 Å². The number of rotatable bonds is 2. The molecule has 3 rings (SSSR count). The molecule has 0 fully saturated rings. The third-order valence-corrected chi connectivity index (χ3v) is 2.89. The highest BCUT2D eigenvalue weighted by molar-refractivity contribution is 6.50. The topological polar surface area (TPSA) is 11.3 Å². The van der Waals surface area contributed by atoms with Gasteiger partial charge in [-0.15, -0.1) is 0 Å². The van der Waals surface area contributed by atoms with Gasteiger partial charge < -0.3 is 17.3 Å². The predicted octanol–water partition coefficient (Wildman–Crippen LogP) is 6.19. The van der Waals surface area contributed by atoms with Gasteiger partial charge in [-0.1, -0.05) is 48.5 Å². The van der Waals surface area contributed by atoms with Crippen LogP contribution >= 0.6 is 0 Å². The molecule has 1 aromatic heterocycles. The third kappa shape index (κ3) is 5.58. The van der Waals surface area contributed by atoms with Crippen LogP contribution in [0.4, 0.5) is 17.3 Å². The lowest BCUT2D eigenvalue weighted by Crippen LogP contribution is -2.02. The van der Waals surface area contributed by atoms with E-state index < -0.39 is 7.25 Å². The molecule has 2 aromatic carbocycles. The SMILES string of the molecule is F[B-](F)(F)F.c1ccc(-c2ccc[o+]c2-c2ccccc2)cc1. The molecule has 0 saturated carbocycles. The Bertz CT molecular complexity index is 666. The highest BCUT2D eigenvalue weighted by atomic mass is 19.5. The minimum Gasteiger partial charge on any atom is -0.418 e. The van der Waals surface area contributed by atoms with Gasteiger partial charge in [-0.05, 0) is 23.8 Å². The molecule has 0 radical (unpaired) electrons. The average Bonchev–Trinajstić information content (AvgIpc) is 2.55. The minimum atomic E-state index is -6.00. The molecule has 1 nitrogen and oxygen atoms in total. The lowest BCUT2D eigenvalue weighted by Gasteiger charge is -2.00. The van der Waals surface area contributed by atoms with Gasteiger partial charge in [0.15, 0.2) is 0 Å². The fraction of sp³-hybridized carbons (Fsp3) is 0. The molecule has 6 heteroatoms. The second kappa shape index (κ2) is 7.58. The molecule has 0 spiro atoms. The maximum atomic E-state index is 9.75. The summed E-state index contributed by atoms with van der Waals surface area (Å²) in [6, 6.07) is 24.5. The van der Waals surface area contributed by atoms with E-state index in [2.05, 4.69) is 30.3 Å². The summed E-state index contributed by atoms with van der Waals surface area (Å²) >= 11 is 0. The van der Waals surface area contributed by atoms with E-state index in [0.717, 1.165) is 16.9 Å². The van der Waals surface area contributed by atoms with E-state index in [4.69, 9.17) is 4.42 Å². The van der Waals surface area contributed by atoms with E-state index >= 15 is 0 Å². The first-order chi connectivity index (χ1) is 10.9. The summed E-state index contributed by atoms with van der Waals surface area (Å²) in [7, 11) is -6.00. The molecular formula is C17H13BF4O. The Kier molecular flexibility index (Phi) is 5.52. The standard InChI is InChI=1S/C17H13O.BF4/c1-3-8-14(9-4-1)16-12-7-13-18-17(16)15-10-5-2-6-11-15;2-1(3,4)5/h1-13H;/q+1;-1. The Labute approximate surface area is 131 Å². The van der Waals surface area contributed by atoms with Crippen molar-refractivity contribution in [3.8, 4) is 22.5 Å². The quantitative estimate of drug-likeness (QED) is 0.311. The van der Waals surface area contributed by atoms with Gasteiger partial charge in [0.2, 0.25) is 0 Å². The van der Waals surface area contributed by atoms with E-state index in [1.54, 1.807) is 6.26 Å². The summed E-state index contributed by atoms with van der Waals surface area (Å²) in [5.41, 5.74) is 3.38.